The van der Waals surface area contributed by atoms with Gasteiger partial charge in [-0.05, 0) is 50.9 Å². The molecule has 2 aliphatic carbocycles. The Labute approximate surface area is 118 Å². The normalized spacial score (nSPS) is 29.4. The van der Waals surface area contributed by atoms with Crippen LogP contribution in [0.15, 0.2) is 4.52 Å². The molecule has 2 N–H and O–H groups in total. The molecule has 6 nitrogen and oxygen atoms in total. The van der Waals surface area contributed by atoms with E-state index in [9.17, 15) is 4.79 Å². The number of carbonyl (C=O) groups is 1. The lowest BCUT2D eigenvalue weighted by Crippen LogP contribution is -2.45. The summed E-state index contributed by atoms with van der Waals surface area (Å²) >= 11 is 0. The summed E-state index contributed by atoms with van der Waals surface area (Å²) in [7, 11) is 0. The largest absolute Gasteiger partial charge is 0.337 e. The van der Waals surface area contributed by atoms with Crippen LogP contribution in [0.5, 0.6) is 0 Å². The quantitative estimate of drug-likeness (QED) is 0.882. The Kier molecular flexibility index (Phi) is 3.63. The van der Waals surface area contributed by atoms with Crippen LogP contribution in [0.4, 0.5) is 4.79 Å². The number of aryl methyl sites for hydroxylation is 1. The molecule has 0 unspecified atom stereocenters. The van der Waals surface area contributed by atoms with Gasteiger partial charge in [0.15, 0.2) is 5.82 Å². The molecule has 0 spiro atoms. The minimum Gasteiger partial charge on any atom is -0.337 e. The lowest BCUT2D eigenvalue weighted by molar-refractivity contribution is 0.218. The second kappa shape index (κ2) is 5.42. The fourth-order valence-electron chi connectivity index (χ4n) is 3.84. The van der Waals surface area contributed by atoms with Crippen molar-refractivity contribution in [3.63, 3.8) is 0 Å². The predicted molar refractivity (Wildman–Crippen MR) is 72.8 cm³/mol. The summed E-state index contributed by atoms with van der Waals surface area (Å²) in [5.41, 5.74) is 0. The highest BCUT2D eigenvalue weighted by molar-refractivity contribution is 5.74. The van der Waals surface area contributed by atoms with Crippen molar-refractivity contribution in [2.75, 3.05) is 0 Å². The number of fused-ring (bicyclic) bond motifs is 2. The zero-order chi connectivity index (χ0) is 14.1. The molecular weight excluding hydrogens is 256 g/mol. The summed E-state index contributed by atoms with van der Waals surface area (Å²) in [6, 6.07) is 0.0749. The van der Waals surface area contributed by atoms with E-state index in [4.69, 9.17) is 4.52 Å². The predicted octanol–water partition coefficient (Wildman–Crippen LogP) is 2.00. The SMILES string of the molecule is Cc1noc(CNC(=O)N[C@H](C)[C@H]2C[C@H]3CC[C@H]2C3)n1. The monoisotopic (exact) mass is 278 g/mol. The zero-order valence-electron chi connectivity index (χ0n) is 12.1. The molecule has 2 fully saturated rings. The maximum atomic E-state index is 11.9. The number of nitrogens with zero attached hydrogens (tertiary/aromatic N) is 2. The van der Waals surface area contributed by atoms with Crippen LogP contribution >= 0.6 is 0 Å². The van der Waals surface area contributed by atoms with Gasteiger partial charge in [-0.1, -0.05) is 11.6 Å². The molecule has 1 heterocycles. The number of hydrogen-bond donors (Lipinski definition) is 2. The average Bonchev–Trinajstić information content (AvgIpc) is 3.12. The van der Waals surface area contributed by atoms with Crippen LogP contribution in [-0.4, -0.2) is 22.2 Å². The Morgan fingerprint density at radius 2 is 2.30 bits per heavy atom. The molecule has 0 radical (unpaired) electrons. The molecule has 0 saturated heterocycles. The number of urea groups is 1. The van der Waals surface area contributed by atoms with Crippen LogP contribution in [0.2, 0.25) is 0 Å². The molecular formula is C14H22N4O2. The van der Waals surface area contributed by atoms with Gasteiger partial charge in [-0.3, -0.25) is 0 Å². The Balaban J connectivity index is 1.44. The van der Waals surface area contributed by atoms with Gasteiger partial charge in [-0.15, -0.1) is 0 Å². The third-order valence-electron chi connectivity index (χ3n) is 4.76. The molecule has 4 atom stereocenters. The van der Waals surface area contributed by atoms with E-state index in [0.29, 0.717) is 17.6 Å². The van der Waals surface area contributed by atoms with E-state index in [0.717, 1.165) is 11.8 Å². The van der Waals surface area contributed by atoms with Gasteiger partial charge in [0.2, 0.25) is 5.89 Å². The van der Waals surface area contributed by atoms with E-state index < -0.39 is 0 Å². The summed E-state index contributed by atoms with van der Waals surface area (Å²) in [4.78, 5) is 15.9. The van der Waals surface area contributed by atoms with Crippen molar-refractivity contribution in [1.29, 1.82) is 0 Å². The zero-order valence-corrected chi connectivity index (χ0v) is 12.1. The number of rotatable bonds is 4. The molecule has 0 aromatic carbocycles. The van der Waals surface area contributed by atoms with Crippen molar-refractivity contribution in [2.45, 2.75) is 52.1 Å². The number of amides is 2. The van der Waals surface area contributed by atoms with Gasteiger partial charge < -0.3 is 15.2 Å². The van der Waals surface area contributed by atoms with Gasteiger partial charge in [-0.25, -0.2) is 4.79 Å². The van der Waals surface area contributed by atoms with E-state index in [2.05, 4.69) is 27.7 Å². The first-order valence-electron chi connectivity index (χ1n) is 7.45. The van der Waals surface area contributed by atoms with Crippen LogP contribution in [0.1, 0.15) is 44.3 Å². The molecule has 6 heteroatoms. The van der Waals surface area contributed by atoms with E-state index in [1.165, 1.54) is 25.7 Å². The fraction of sp³-hybridized carbons (Fsp3) is 0.786. The summed E-state index contributed by atoms with van der Waals surface area (Å²) in [5.74, 6) is 3.38. The van der Waals surface area contributed by atoms with Gasteiger partial charge in [0.25, 0.3) is 0 Å². The highest BCUT2D eigenvalue weighted by atomic mass is 16.5. The Hall–Kier alpha value is -1.59. The lowest BCUT2D eigenvalue weighted by Gasteiger charge is -2.28. The molecule has 2 amide bonds. The second-order valence-electron chi connectivity index (χ2n) is 6.19. The first-order valence-corrected chi connectivity index (χ1v) is 7.45. The standard InChI is InChI=1S/C14H22N4O2/c1-8(12-6-10-3-4-11(12)5-10)16-14(19)15-7-13-17-9(2)18-20-13/h8,10-12H,3-7H2,1-2H3,(H2,15,16,19)/t8-,10+,11+,12-/m1/s1. The highest BCUT2D eigenvalue weighted by Gasteiger charge is 2.42. The second-order valence-corrected chi connectivity index (χ2v) is 6.19. The highest BCUT2D eigenvalue weighted by Crippen LogP contribution is 2.49. The molecule has 2 aliphatic rings. The Morgan fingerprint density at radius 1 is 1.45 bits per heavy atom. The molecule has 2 bridgehead atoms. The van der Waals surface area contributed by atoms with E-state index in [1.807, 2.05) is 0 Å². The first kappa shape index (κ1) is 13.4. The van der Waals surface area contributed by atoms with Crippen LogP contribution in [0.3, 0.4) is 0 Å². The minimum atomic E-state index is -0.156. The van der Waals surface area contributed by atoms with Crippen molar-refractivity contribution < 1.29 is 9.32 Å². The van der Waals surface area contributed by atoms with Crippen molar-refractivity contribution in [3.05, 3.63) is 11.7 Å². The molecule has 110 valence electrons. The van der Waals surface area contributed by atoms with Gasteiger partial charge in [0.05, 0.1) is 6.54 Å². The van der Waals surface area contributed by atoms with E-state index in [-0.39, 0.29) is 18.6 Å². The van der Waals surface area contributed by atoms with Crippen LogP contribution in [0.25, 0.3) is 0 Å². The summed E-state index contributed by atoms with van der Waals surface area (Å²) < 4.78 is 4.96. The third kappa shape index (κ3) is 2.78. The maximum Gasteiger partial charge on any atom is 0.315 e. The Morgan fingerprint density at radius 3 is 2.90 bits per heavy atom. The smallest absolute Gasteiger partial charge is 0.315 e. The summed E-state index contributed by atoms with van der Waals surface area (Å²) in [6.45, 7) is 4.14. The van der Waals surface area contributed by atoms with Crippen molar-refractivity contribution in [2.24, 2.45) is 17.8 Å². The topological polar surface area (TPSA) is 80.0 Å². The number of nitrogens with one attached hydrogen (secondary N) is 2. The van der Waals surface area contributed by atoms with Crippen LogP contribution in [0, 0.1) is 24.7 Å². The third-order valence-corrected chi connectivity index (χ3v) is 4.76. The maximum absolute atomic E-state index is 11.9. The van der Waals surface area contributed by atoms with Gasteiger partial charge in [-0.2, -0.15) is 4.98 Å². The number of hydrogen-bond acceptors (Lipinski definition) is 4. The minimum absolute atomic E-state index is 0.156. The van der Waals surface area contributed by atoms with Crippen molar-refractivity contribution in [3.8, 4) is 0 Å². The lowest BCUT2D eigenvalue weighted by atomic mass is 9.84. The van der Waals surface area contributed by atoms with Gasteiger partial charge in [0.1, 0.15) is 0 Å². The van der Waals surface area contributed by atoms with Crippen molar-refractivity contribution >= 4 is 6.03 Å². The van der Waals surface area contributed by atoms with Crippen LogP contribution < -0.4 is 10.6 Å². The molecule has 2 saturated carbocycles. The average molecular weight is 278 g/mol. The molecule has 1 aromatic heterocycles. The molecule has 20 heavy (non-hydrogen) atoms. The fourth-order valence-corrected chi connectivity index (χ4v) is 3.84. The van der Waals surface area contributed by atoms with Crippen LogP contribution in [-0.2, 0) is 6.54 Å². The summed E-state index contributed by atoms with van der Waals surface area (Å²) in [5, 5.41) is 9.49. The van der Waals surface area contributed by atoms with Gasteiger partial charge in [0, 0.05) is 6.04 Å². The number of aromatic nitrogens is 2. The Bertz CT molecular complexity index is 487. The molecule has 3 rings (SSSR count). The van der Waals surface area contributed by atoms with E-state index in [1.54, 1.807) is 6.92 Å². The molecule has 0 aliphatic heterocycles. The van der Waals surface area contributed by atoms with Crippen molar-refractivity contribution in [1.82, 2.24) is 20.8 Å². The van der Waals surface area contributed by atoms with Gasteiger partial charge >= 0.3 is 6.03 Å². The first-order chi connectivity index (χ1) is 9.61. The summed E-state index contributed by atoms with van der Waals surface area (Å²) in [6.07, 6.45) is 5.36. The number of carbonyl (C=O) groups excluding carboxylic acids is 1. The molecule has 1 aromatic rings. The van der Waals surface area contributed by atoms with E-state index >= 15 is 0 Å².